The topological polar surface area (TPSA) is 70.4 Å². The second-order valence-electron chi connectivity index (χ2n) is 7.78. The molecule has 3 rings (SSSR count). The monoisotopic (exact) mass is 454 g/mol. The first-order chi connectivity index (χ1) is 15.4. The van der Waals surface area contributed by atoms with Gasteiger partial charge in [-0.05, 0) is 48.4 Å². The normalized spacial score (nSPS) is 12.2. The van der Waals surface area contributed by atoms with Gasteiger partial charge in [0.05, 0.1) is 24.1 Å². The lowest BCUT2D eigenvalue weighted by Gasteiger charge is -2.17. The van der Waals surface area contributed by atoms with E-state index >= 15 is 0 Å². The van der Waals surface area contributed by atoms with Crippen molar-refractivity contribution >= 4 is 28.6 Å². The molecule has 0 bridgehead atoms. The maximum absolute atomic E-state index is 12.5. The van der Waals surface area contributed by atoms with Crippen LogP contribution < -0.4 is 10.3 Å². The van der Waals surface area contributed by atoms with Gasteiger partial charge in [-0.25, -0.2) is 4.98 Å². The number of rotatable bonds is 10. The fourth-order valence-electron chi connectivity index (χ4n) is 3.43. The first kappa shape index (κ1) is 23.9. The van der Waals surface area contributed by atoms with E-state index in [0.717, 1.165) is 11.3 Å². The van der Waals surface area contributed by atoms with Crippen LogP contribution in [0.15, 0.2) is 53.3 Å². The highest BCUT2D eigenvalue weighted by Crippen LogP contribution is 2.24. The van der Waals surface area contributed by atoms with Crippen molar-refractivity contribution in [1.29, 1.82) is 0 Å². The molecule has 0 saturated carbocycles. The zero-order chi connectivity index (χ0) is 23.1. The van der Waals surface area contributed by atoms with Gasteiger partial charge in [-0.3, -0.25) is 14.2 Å². The summed E-state index contributed by atoms with van der Waals surface area (Å²) in [7, 11) is 1.74. The molecule has 1 unspecified atom stereocenters. The van der Waals surface area contributed by atoms with Crippen molar-refractivity contribution in [1.82, 2.24) is 9.55 Å². The molecule has 0 fully saturated rings. The molecule has 6 nitrogen and oxygen atoms in total. The van der Waals surface area contributed by atoms with Gasteiger partial charge in [0, 0.05) is 13.5 Å². The Morgan fingerprint density at radius 3 is 2.53 bits per heavy atom. The Morgan fingerprint density at radius 1 is 1.12 bits per heavy atom. The summed E-state index contributed by atoms with van der Waals surface area (Å²) in [6.45, 7) is 6.78. The molecule has 0 saturated heterocycles. The van der Waals surface area contributed by atoms with Gasteiger partial charge in [0.1, 0.15) is 16.8 Å². The summed E-state index contributed by atoms with van der Waals surface area (Å²) < 4.78 is 12.7. The van der Waals surface area contributed by atoms with Crippen LogP contribution in [-0.4, -0.2) is 39.2 Å². The molecule has 0 aliphatic rings. The third-order valence-electron chi connectivity index (χ3n) is 5.00. The average molecular weight is 455 g/mol. The van der Waals surface area contributed by atoms with Crippen LogP contribution in [0, 0.1) is 0 Å². The molecule has 170 valence electrons. The minimum absolute atomic E-state index is 0.0506. The van der Waals surface area contributed by atoms with Crippen LogP contribution in [0.5, 0.6) is 5.75 Å². The molecule has 0 spiro atoms. The van der Waals surface area contributed by atoms with Crippen molar-refractivity contribution in [2.45, 2.75) is 44.1 Å². The quantitative estimate of drug-likeness (QED) is 0.428. The Hall–Kier alpha value is -2.80. The number of fused-ring (bicyclic) bond motifs is 1. The number of aromatic nitrogens is 2. The van der Waals surface area contributed by atoms with Crippen molar-refractivity contribution in [3.05, 3.63) is 70.3 Å². The fraction of sp³-hybridized carbons (Fsp3) is 0.400. The van der Waals surface area contributed by atoms with Crippen LogP contribution in [0.3, 0.4) is 0 Å². The molecule has 0 aliphatic carbocycles. The largest absolute Gasteiger partial charge is 0.493 e. The Morgan fingerprint density at radius 2 is 1.84 bits per heavy atom. The van der Waals surface area contributed by atoms with Crippen molar-refractivity contribution in [2.75, 3.05) is 13.2 Å². The van der Waals surface area contributed by atoms with Crippen LogP contribution in [0.1, 0.15) is 32.2 Å². The van der Waals surface area contributed by atoms with Gasteiger partial charge in [0.2, 0.25) is 0 Å². The lowest BCUT2D eigenvalue weighted by Crippen LogP contribution is -2.24. The summed E-state index contributed by atoms with van der Waals surface area (Å²) in [4.78, 5) is 29.4. The highest BCUT2D eigenvalue weighted by Gasteiger charge is 2.22. The van der Waals surface area contributed by atoms with Gasteiger partial charge < -0.3 is 9.47 Å². The minimum Gasteiger partial charge on any atom is -0.493 e. The molecule has 1 heterocycles. The number of hydrogen-bond donors (Lipinski definition) is 0. The molecule has 0 aliphatic heterocycles. The second-order valence-corrected chi connectivity index (χ2v) is 9.57. The maximum atomic E-state index is 12.5. The van der Waals surface area contributed by atoms with E-state index in [9.17, 15) is 9.59 Å². The molecule has 7 heteroatoms. The van der Waals surface area contributed by atoms with E-state index in [1.807, 2.05) is 49.4 Å². The van der Waals surface area contributed by atoms with Gasteiger partial charge in [0.15, 0.2) is 0 Å². The summed E-state index contributed by atoms with van der Waals surface area (Å²) in [6.07, 6.45) is 1.14. The third kappa shape index (κ3) is 6.13. The number of para-hydroxylation sites is 1. The second kappa shape index (κ2) is 11.2. The van der Waals surface area contributed by atoms with E-state index in [1.165, 1.54) is 0 Å². The summed E-state index contributed by atoms with van der Waals surface area (Å²) in [5.41, 5.74) is 1.71. The van der Waals surface area contributed by atoms with Crippen molar-refractivity contribution < 1.29 is 14.3 Å². The number of esters is 1. The van der Waals surface area contributed by atoms with E-state index in [-0.39, 0.29) is 16.8 Å². The van der Waals surface area contributed by atoms with E-state index < -0.39 is 0 Å². The molecule has 0 N–H and O–H groups in total. The van der Waals surface area contributed by atoms with Crippen LogP contribution in [0.2, 0.25) is 0 Å². The molecule has 2 aromatic carbocycles. The smallest absolute Gasteiger partial charge is 0.319 e. The lowest BCUT2D eigenvalue weighted by atomic mass is 10.1. The Kier molecular flexibility index (Phi) is 8.33. The number of nitrogens with zero attached hydrogens (tertiary/aromatic N) is 2. The predicted octanol–water partition coefficient (Wildman–Crippen LogP) is 4.17. The van der Waals surface area contributed by atoms with E-state index in [2.05, 4.69) is 18.8 Å². The average Bonchev–Trinajstić information content (AvgIpc) is 2.77. The maximum Gasteiger partial charge on any atom is 0.319 e. The van der Waals surface area contributed by atoms with E-state index in [1.54, 1.807) is 29.4 Å². The SMILES string of the molecule is CCOC(=O)C(Cc1ccc(OCCc2nc3ccccc3c(=O)n2C)cc1)SC(C)C. The van der Waals surface area contributed by atoms with Gasteiger partial charge in [0.25, 0.3) is 5.56 Å². The first-order valence-electron chi connectivity index (χ1n) is 10.9. The summed E-state index contributed by atoms with van der Waals surface area (Å²) in [6, 6.07) is 15.1. The highest BCUT2D eigenvalue weighted by atomic mass is 32.2. The van der Waals surface area contributed by atoms with Crippen LogP contribution in [0.25, 0.3) is 10.9 Å². The van der Waals surface area contributed by atoms with Crippen molar-refractivity contribution in [3.63, 3.8) is 0 Å². The highest BCUT2D eigenvalue weighted by molar-refractivity contribution is 8.01. The minimum atomic E-state index is -0.220. The van der Waals surface area contributed by atoms with Gasteiger partial charge in [-0.15, -0.1) is 11.8 Å². The summed E-state index contributed by atoms with van der Waals surface area (Å²) >= 11 is 1.62. The number of carbonyl (C=O) groups is 1. The number of hydrogen-bond acceptors (Lipinski definition) is 6. The van der Waals surface area contributed by atoms with E-state index in [0.29, 0.717) is 48.0 Å². The molecule has 32 heavy (non-hydrogen) atoms. The fourth-order valence-corrected chi connectivity index (χ4v) is 4.56. The summed E-state index contributed by atoms with van der Waals surface area (Å²) in [5.74, 6) is 1.26. The number of thioether (sulfide) groups is 1. The molecular weight excluding hydrogens is 424 g/mol. The van der Waals surface area contributed by atoms with Gasteiger partial charge in [-0.2, -0.15) is 0 Å². The predicted molar refractivity (Wildman–Crippen MR) is 129 cm³/mol. The molecule has 0 amide bonds. The number of ether oxygens (including phenoxy) is 2. The lowest BCUT2D eigenvalue weighted by molar-refractivity contribution is -0.142. The molecule has 1 atom stereocenters. The van der Waals surface area contributed by atoms with Crippen molar-refractivity contribution in [2.24, 2.45) is 7.05 Å². The van der Waals surface area contributed by atoms with Crippen LogP contribution in [0.4, 0.5) is 0 Å². The number of carbonyl (C=O) groups excluding carboxylic acids is 1. The zero-order valence-corrected chi connectivity index (χ0v) is 19.9. The van der Waals surface area contributed by atoms with E-state index in [4.69, 9.17) is 9.47 Å². The Bertz CT molecular complexity index is 1110. The Labute approximate surface area is 193 Å². The standard InChI is InChI=1S/C25H30N2O4S/c1-5-30-25(29)22(32-17(2)3)16-18-10-12-19(13-11-18)31-15-14-23-26-21-9-7-6-8-20(21)24(28)27(23)4/h6-13,17,22H,5,14-16H2,1-4H3. The molecule has 0 radical (unpaired) electrons. The van der Waals surface area contributed by atoms with Crippen molar-refractivity contribution in [3.8, 4) is 5.75 Å². The molecule has 3 aromatic rings. The Balaban J connectivity index is 1.60. The summed E-state index contributed by atoms with van der Waals surface area (Å²) in [5, 5.41) is 0.737. The molecule has 1 aromatic heterocycles. The number of benzene rings is 2. The van der Waals surface area contributed by atoms with Crippen LogP contribution >= 0.6 is 11.8 Å². The van der Waals surface area contributed by atoms with Gasteiger partial charge in [-0.1, -0.05) is 38.1 Å². The third-order valence-corrected chi connectivity index (χ3v) is 6.23. The van der Waals surface area contributed by atoms with Gasteiger partial charge >= 0.3 is 5.97 Å². The zero-order valence-electron chi connectivity index (χ0n) is 19.0. The van der Waals surface area contributed by atoms with Crippen LogP contribution in [-0.2, 0) is 29.4 Å². The first-order valence-corrected chi connectivity index (χ1v) is 11.8. The molecular formula is C25H30N2O4S.